The number of urea groups is 1. The Labute approximate surface area is 121 Å². The smallest absolute Gasteiger partial charge is 0.324 e. The maximum absolute atomic E-state index is 11.9. The fourth-order valence-electron chi connectivity index (χ4n) is 1.59. The minimum atomic E-state index is -0.415. The van der Waals surface area contributed by atoms with Gasteiger partial charge in [0.15, 0.2) is 0 Å². The zero-order valence-electron chi connectivity index (χ0n) is 11.1. The highest BCUT2D eigenvalue weighted by Gasteiger charge is 2.08. The van der Waals surface area contributed by atoms with E-state index in [0.717, 1.165) is 5.56 Å². The quantitative estimate of drug-likeness (QED) is 0.906. The SMILES string of the molecule is COc1ccc(Cl)cc1NC(=O)Nc1ccc(C)cn1. The molecular formula is C14H14ClN3O2. The minimum absolute atomic E-state index is 0.415. The van der Waals surface area contributed by atoms with E-state index in [1.54, 1.807) is 30.5 Å². The largest absolute Gasteiger partial charge is 0.495 e. The van der Waals surface area contributed by atoms with Crippen molar-refractivity contribution in [3.8, 4) is 5.75 Å². The number of aromatic nitrogens is 1. The van der Waals surface area contributed by atoms with E-state index in [9.17, 15) is 4.79 Å². The Kier molecular flexibility index (Phi) is 4.42. The van der Waals surface area contributed by atoms with Crippen LogP contribution in [-0.4, -0.2) is 18.1 Å². The van der Waals surface area contributed by atoms with Gasteiger partial charge in [-0.1, -0.05) is 17.7 Å². The molecule has 2 aromatic rings. The average molecular weight is 292 g/mol. The molecular weight excluding hydrogens is 278 g/mol. The lowest BCUT2D eigenvalue weighted by Gasteiger charge is -2.11. The van der Waals surface area contributed by atoms with Crippen LogP contribution in [0.5, 0.6) is 5.75 Å². The molecule has 5 nitrogen and oxygen atoms in total. The molecule has 1 aromatic carbocycles. The summed E-state index contributed by atoms with van der Waals surface area (Å²) in [5.74, 6) is 0.996. The molecule has 0 saturated carbocycles. The molecule has 0 unspecified atom stereocenters. The molecule has 0 aliphatic carbocycles. The monoisotopic (exact) mass is 291 g/mol. The molecule has 0 aliphatic heterocycles. The topological polar surface area (TPSA) is 63.2 Å². The van der Waals surface area contributed by atoms with E-state index in [2.05, 4.69) is 15.6 Å². The number of rotatable bonds is 3. The molecule has 0 aliphatic rings. The fourth-order valence-corrected chi connectivity index (χ4v) is 1.76. The summed E-state index contributed by atoms with van der Waals surface area (Å²) in [5.41, 5.74) is 1.51. The van der Waals surface area contributed by atoms with Crippen LogP contribution in [0.3, 0.4) is 0 Å². The molecule has 0 radical (unpaired) electrons. The number of nitrogens with zero attached hydrogens (tertiary/aromatic N) is 1. The maximum atomic E-state index is 11.9. The second kappa shape index (κ2) is 6.25. The Morgan fingerprint density at radius 1 is 1.25 bits per heavy atom. The van der Waals surface area contributed by atoms with Crippen molar-refractivity contribution in [3.63, 3.8) is 0 Å². The number of carbonyl (C=O) groups is 1. The number of amides is 2. The van der Waals surface area contributed by atoms with Crippen LogP contribution < -0.4 is 15.4 Å². The van der Waals surface area contributed by atoms with E-state index in [-0.39, 0.29) is 0 Å². The Hall–Kier alpha value is -2.27. The van der Waals surface area contributed by atoms with Gasteiger partial charge in [-0.3, -0.25) is 5.32 Å². The Morgan fingerprint density at radius 2 is 2.05 bits per heavy atom. The van der Waals surface area contributed by atoms with Crippen LogP contribution in [0.2, 0.25) is 5.02 Å². The van der Waals surface area contributed by atoms with Crippen molar-refractivity contribution in [2.45, 2.75) is 6.92 Å². The molecule has 2 amide bonds. The molecule has 0 saturated heterocycles. The summed E-state index contributed by atoms with van der Waals surface area (Å²) in [6.45, 7) is 1.92. The number of nitrogens with one attached hydrogen (secondary N) is 2. The predicted octanol–water partition coefficient (Wildman–Crippen LogP) is 3.70. The number of benzene rings is 1. The molecule has 0 fully saturated rings. The summed E-state index contributed by atoms with van der Waals surface area (Å²) in [6.07, 6.45) is 1.68. The first kappa shape index (κ1) is 14.1. The Balaban J connectivity index is 2.08. The van der Waals surface area contributed by atoms with Gasteiger partial charge in [0.2, 0.25) is 0 Å². The lowest BCUT2D eigenvalue weighted by molar-refractivity contribution is 0.262. The Morgan fingerprint density at radius 3 is 2.70 bits per heavy atom. The standard InChI is InChI=1S/C14H14ClN3O2/c1-9-3-6-13(16-8-9)18-14(19)17-11-7-10(15)4-5-12(11)20-2/h3-8H,1-2H3,(H2,16,17,18,19). The lowest BCUT2D eigenvalue weighted by Crippen LogP contribution is -2.20. The second-order valence-electron chi connectivity index (χ2n) is 4.14. The highest BCUT2D eigenvalue weighted by Crippen LogP contribution is 2.27. The summed E-state index contributed by atoms with van der Waals surface area (Å²) in [4.78, 5) is 16.0. The summed E-state index contributed by atoms with van der Waals surface area (Å²) < 4.78 is 5.15. The molecule has 0 bridgehead atoms. The van der Waals surface area contributed by atoms with E-state index in [4.69, 9.17) is 16.3 Å². The van der Waals surface area contributed by atoms with Gasteiger partial charge in [-0.25, -0.2) is 9.78 Å². The normalized spacial score (nSPS) is 9.95. The number of pyridine rings is 1. The van der Waals surface area contributed by atoms with Crippen LogP contribution in [0.4, 0.5) is 16.3 Å². The first-order chi connectivity index (χ1) is 9.58. The van der Waals surface area contributed by atoms with Crippen LogP contribution in [0.25, 0.3) is 0 Å². The first-order valence-electron chi connectivity index (χ1n) is 5.92. The van der Waals surface area contributed by atoms with Crippen LogP contribution in [-0.2, 0) is 0 Å². The minimum Gasteiger partial charge on any atom is -0.495 e. The third kappa shape index (κ3) is 3.61. The zero-order chi connectivity index (χ0) is 14.5. The van der Waals surface area contributed by atoms with E-state index < -0.39 is 6.03 Å². The second-order valence-corrected chi connectivity index (χ2v) is 4.58. The number of carbonyl (C=O) groups excluding carboxylic acids is 1. The summed E-state index contributed by atoms with van der Waals surface area (Å²) in [5, 5.41) is 5.80. The van der Waals surface area contributed by atoms with E-state index in [0.29, 0.717) is 22.3 Å². The Bertz CT molecular complexity index is 614. The van der Waals surface area contributed by atoms with Gasteiger partial charge < -0.3 is 10.1 Å². The van der Waals surface area contributed by atoms with Gasteiger partial charge in [0.1, 0.15) is 11.6 Å². The van der Waals surface area contributed by atoms with Crippen LogP contribution >= 0.6 is 11.6 Å². The first-order valence-corrected chi connectivity index (χ1v) is 6.30. The number of anilines is 2. The van der Waals surface area contributed by atoms with Crippen molar-refractivity contribution in [2.24, 2.45) is 0 Å². The number of halogens is 1. The molecule has 6 heteroatoms. The van der Waals surface area contributed by atoms with E-state index in [1.165, 1.54) is 7.11 Å². The van der Waals surface area contributed by atoms with Crippen LogP contribution in [0.15, 0.2) is 36.5 Å². The van der Waals surface area contributed by atoms with Crippen LogP contribution in [0, 0.1) is 6.92 Å². The highest BCUT2D eigenvalue weighted by molar-refractivity contribution is 6.31. The predicted molar refractivity (Wildman–Crippen MR) is 79.6 cm³/mol. The molecule has 2 N–H and O–H groups in total. The van der Waals surface area contributed by atoms with Gasteiger partial charge in [0.05, 0.1) is 12.8 Å². The number of methoxy groups -OCH3 is 1. The third-order valence-electron chi connectivity index (χ3n) is 2.56. The van der Waals surface area contributed by atoms with Gasteiger partial charge in [-0.15, -0.1) is 0 Å². The number of hydrogen-bond donors (Lipinski definition) is 2. The summed E-state index contributed by atoms with van der Waals surface area (Å²) >= 11 is 5.90. The van der Waals surface area contributed by atoms with E-state index in [1.807, 2.05) is 13.0 Å². The molecule has 20 heavy (non-hydrogen) atoms. The van der Waals surface area contributed by atoms with Crippen molar-refractivity contribution in [2.75, 3.05) is 17.7 Å². The number of hydrogen-bond acceptors (Lipinski definition) is 3. The van der Waals surface area contributed by atoms with Gasteiger partial charge in [0.25, 0.3) is 0 Å². The number of aryl methyl sites for hydroxylation is 1. The highest BCUT2D eigenvalue weighted by atomic mass is 35.5. The maximum Gasteiger partial charge on any atom is 0.324 e. The molecule has 1 aromatic heterocycles. The van der Waals surface area contributed by atoms with Crippen molar-refractivity contribution in [1.29, 1.82) is 0 Å². The molecule has 0 spiro atoms. The van der Waals surface area contributed by atoms with E-state index >= 15 is 0 Å². The van der Waals surface area contributed by atoms with Gasteiger partial charge in [-0.05, 0) is 36.8 Å². The summed E-state index contributed by atoms with van der Waals surface area (Å²) in [7, 11) is 1.52. The van der Waals surface area contributed by atoms with Gasteiger partial charge in [-0.2, -0.15) is 0 Å². The molecule has 104 valence electrons. The van der Waals surface area contributed by atoms with Crippen molar-refractivity contribution in [1.82, 2.24) is 4.98 Å². The lowest BCUT2D eigenvalue weighted by atomic mass is 10.3. The van der Waals surface area contributed by atoms with Gasteiger partial charge >= 0.3 is 6.03 Å². The fraction of sp³-hybridized carbons (Fsp3) is 0.143. The van der Waals surface area contributed by atoms with Crippen molar-refractivity contribution >= 4 is 29.1 Å². The van der Waals surface area contributed by atoms with Crippen molar-refractivity contribution in [3.05, 3.63) is 47.1 Å². The van der Waals surface area contributed by atoms with Gasteiger partial charge in [0, 0.05) is 11.2 Å². The number of ether oxygens (including phenoxy) is 1. The van der Waals surface area contributed by atoms with Crippen LogP contribution in [0.1, 0.15) is 5.56 Å². The summed E-state index contributed by atoms with van der Waals surface area (Å²) in [6, 6.07) is 8.16. The average Bonchev–Trinajstić information content (AvgIpc) is 2.41. The zero-order valence-corrected chi connectivity index (χ0v) is 11.9. The van der Waals surface area contributed by atoms with Crippen molar-refractivity contribution < 1.29 is 9.53 Å². The molecule has 2 rings (SSSR count). The molecule has 0 atom stereocenters. The molecule has 1 heterocycles. The third-order valence-corrected chi connectivity index (χ3v) is 2.80.